The summed E-state index contributed by atoms with van der Waals surface area (Å²) in [6, 6.07) is 7.12. The molecule has 0 spiro atoms. The highest BCUT2D eigenvalue weighted by Gasteiger charge is 2.16. The van der Waals surface area contributed by atoms with Gasteiger partial charge in [0.05, 0.1) is 23.5 Å². The maximum Gasteiger partial charge on any atom is 0.228 e. The molecule has 0 N–H and O–H groups in total. The molecule has 0 fully saturated rings. The first kappa shape index (κ1) is 11.5. The van der Waals surface area contributed by atoms with Crippen LogP contribution in [0.25, 0.3) is 21.8 Å². The lowest BCUT2D eigenvalue weighted by molar-refractivity contribution is -0.603. The van der Waals surface area contributed by atoms with Crippen LogP contribution in [0.15, 0.2) is 36.7 Å². The smallest absolute Gasteiger partial charge is 0.228 e. The second kappa shape index (κ2) is 3.98. The summed E-state index contributed by atoms with van der Waals surface area (Å²) in [5.74, 6) is 0.574. The minimum Gasteiger partial charge on any atom is -0.619 e. The minimum absolute atomic E-state index is 0.100. The molecule has 2 aromatic heterocycles. The van der Waals surface area contributed by atoms with E-state index >= 15 is 0 Å². The summed E-state index contributed by atoms with van der Waals surface area (Å²) in [6.07, 6.45) is 2.86. The van der Waals surface area contributed by atoms with Crippen LogP contribution in [0, 0.1) is 5.21 Å². The second-order valence-electron chi connectivity index (χ2n) is 4.34. The molecule has 1 aromatic carbocycles. The Morgan fingerprint density at radius 3 is 2.74 bits per heavy atom. The van der Waals surface area contributed by atoms with Crippen molar-refractivity contribution in [1.82, 2.24) is 4.57 Å². The van der Waals surface area contributed by atoms with Gasteiger partial charge in [0.15, 0.2) is 12.4 Å². The monoisotopic (exact) mass is 256 g/mol. The molecule has 96 valence electrons. The fourth-order valence-electron chi connectivity index (χ4n) is 2.39. The summed E-state index contributed by atoms with van der Waals surface area (Å²) in [7, 11) is 1.58. The van der Waals surface area contributed by atoms with Gasteiger partial charge in [-0.25, -0.2) is 0 Å². The maximum atomic E-state index is 11.9. The van der Waals surface area contributed by atoms with Crippen molar-refractivity contribution in [3.05, 3.63) is 41.9 Å². The van der Waals surface area contributed by atoms with Crippen molar-refractivity contribution in [1.29, 1.82) is 0 Å². The number of ether oxygens (including phenoxy) is 1. The van der Waals surface area contributed by atoms with Gasteiger partial charge in [-0.05, 0) is 12.1 Å². The van der Waals surface area contributed by atoms with Gasteiger partial charge in [0.1, 0.15) is 5.75 Å². The van der Waals surface area contributed by atoms with Gasteiger partial charge in [-0.15, -0.1) is 0 Å². The Morgan fingerprint density at radius 1 is 1.26 bits per heavy atom. The van der Waals surface area contributed by atoms with E-state index in [9.17, 15) is 10.0 Å². The van der Waals surface area contributed by atoms with Crippen LogP contribution in [0.3, 0.4) is 0 Å². The summed E-state index contributed by atoms with van der Waals surface area (Å²) < 4.78 is 7.51. The highest BCUT2D eigenvalue weighted by molar-refractivity contribution is 6.12. The normalized spacial score (nSPS) is 11.1. The zero-order chi connectivity index (χ0) is 13.6. The number of hydrogen-bond acceptors (Lipinski definition) is 3. The van der Waals surface area contributed by atoms with Crippen LogP contribution in [-0.4, -0.2) is 17.6 Å². The van der Waals surface area contributed by atoms with Crippen molar-refractivity contribution in [2.24, 2.45) is 0 Å². The van der Waals surface area contributed by atoms with Gasteiger partial charge >= 0.3 is 0 Å². The van der Waals surface area contributed by atoms with Crippen LogP contribution in [0.2, 0.25) is 0 Å². The van der Waals surface area contributed by atoms with E-state index in [-0.39, 0.29) is 5.91 Å². The quantitative estimate of drug-likeness (QED) is 0.495. The van der Waals surface area contributed by atoms with Crippen molar-refractivity contribution in [3.63, 3.8) is 0 Å². The maximum absolute atomic E-state index is 11.9. The third kappa shape index (κ3) is 1.62. The molecule has 3 aromatic rings. The summed E-state index contributed by atoms with van der Waals surface area (Å²) in [5, 5.41) is 13.0. The van der Waals surface area contributed by atoms with Crippen molar-refractivity contribution in [3.8, 4) is 5.75 Å². The number of fused-ring (bicyclic) bond motifs is 3. The molecule has 0 aliphatic heterocycles. The number of benzene rings is 1. The van der Waals surface area contributed by atoms with Crippen molar-refractivity contribution >= 4 is 27.7 Å². The van der Waals surface area contributed by atoms with Gasteiger partial charge < -0.3 is 9.94 Å². The fraction of sp³-hybridized carbons (Fsp3) is 0.143. The first-order chi connectivity index (χ1) is 9.11. The van der Waals surface area contributed by atoms with E-state index in [2.05, 4.69) is 0 Å². The van der Waals surface area contributed by atoms with E-state index in [1.807, 2.05) is 12.1 Å². The molecule has 5 heteroatoms. The van der Waals surface area contributed by atoms with Crippen LogP contribution in [0.5, 0.6) is 5.75 Å². The Bertz CT molecular complexity index is 805. The van der Waals surface area contributed by atoms with Gasteiger partial charge in [-0.1, -0.05) is 0 Å². The number of rotatable bonds is 1. The summed E-state index contributed by atoms with van der Waals surface area (Å²) >= 11 is 0. The standard InChI is InChI=1S/C14H12N2O3/c1-9(17)16-13-5-6-15(18)8-12(13)11-4-3-10(19-2)7-14(11)16/h3-8H,1-2H3. The Morgan fingerprint density at radius 2 is 2.05 bits per heavy atom. The average molecular weight is 256 g/mol. The van der Waals surface area contributed by atoms with E-state index in [4.69, 9.17) is 4.74 Å². The van der Waals surface area contributed by atoms with E-state index in [1.54, 1.807) is 23.8 Å². The van der Waals surface area contributed by atoms with Crippen molar-refractivity contribution in [2.75, 3.05) is 7.11 Å². The molecule has 19 heavy (non-hydrogen) atoms. The number of nitrogens with zero attached hydrogens (tertiary/aromatic N) is 2. The number of pyridine rings is 1. The van der Waals surface area contributed by atoms with E-state index in [0.29, 0.717) is 5.75 Å². The van der Waals surface area contributed by atoms with Gasteiger partial charge in [0, 0.05) is 24.4 Å². The molecule has 0 atom stereocenters. The molecule has 0 unspecified atom stereocenters. The number of aromatic nitrogens is 2. The molecule has 3 rings (SSSR count). The second-order valence-corrected chi connectivity index (χ2v) is 4.34. The molecule has 0 radical (unpaired) electrons. The van der Waals surface area contributed by atoms with E-state index < -0.39 is 0 Å². The molecule has 0 bridgehead atoms. The Labute approximate surface area is 109 Å². The molecule has 0 aliphatic carbocycles. The lowest BCUT2D eigenvalue weighted by Crippen LogP contribution is -2.23. The van der Waals surface area contributed by atoms with E-state index in [0.717, 1.165) is 26.5 Å². The van der Waals surface area contributed by atoms with Gasteiger partial charge in [0.2, 0.25) is 5.91 Å². The number of hydrogen-bond donors (Lipinski definition) is 0. The lowest BCUT2D eigenvalue weighted by atomic mass is 10.2. The number of methoxy groups -OCH3 is 1. The Kier molecular flexibility index (Phi) is 2.41. The third-order valence-corrected chi connectivity index (χ3v) is 3.20. The van der Waals surface area contributed by atoms with Crippen LogP contribution in [-0.2, 0) is 0 Å². The summed E-state index contributed by atoms with van der Waals surface area (Å²) in [6.45, 7) is 1.50. The average Bonchev–Trinajstić information content (AvgIpc) is 2.71. The number of carbonyl (C=O) groups is 1. The highest BCUT2D eigenvalue weighted by atomic mass is 16.5. The predicted molar refractivity (Wildman–Crippen MR) is 71.3 cm³/mol. The zero-order valence-electron chi connectivity index (χ0n) is 10.6. The molecular weight excluding hydrogens is 244 g/mol. The molecule has 2 heterocycles. The third-order valence-electron chi connectivity index (χ3n) is 3.20. The van der Waals surface area contributed by atoms with Gasteiger partial charge in [0.25, 0.3) is 0 Å². The van der Waals surface area contributed by atoms with Crippen LogP contribution in [0.1, 0.15) is 11.7 Å². The minimum atomic E-state index is -0.100. The molecule has 0 saturated carbocycles. The van der Waals surface area contributed by atoms with Gasteiger partial charge in [-0.3, -0.25) is 9.36 Å². The summed E-state index contributed by atoms with van der Waals surface area (Å²) in [4.78, 5) is 11.9. The largest absolute Gasteiger partial charge is 0.619 e. The fourth-order valence-corrected chi connectivity index (χ4v) is 2.39. The van der Waals surface area contributed by atoms with Crippen LogP contribution >= 0.6 is 0 Å². The van der Waals surface area contributed by atoms with Crippen molar-refractivity contribution < 1.29 is 14.3 Å². The topological polar surface area (TPSA) is 58.2 Å². The van der Waals surface area contributed by atoms with Crippen molar-refractivity contribution in [2.45, 2.75) is 6.92 Å². The molecule has 0 aliphatic rings. The van der Waals surface area contributed by atoms with Crippen LogP contribution < -0.4 is 9.47 Å². The number of carbonyl (C=O) groups excluding carboxylic acids is 1. The first-order valence-corrected chi connectivity index (χ1v) is 5.84. The SMILES string of the molecule is COc1ccc2c3c[n+]([O-])ccc3n(C(C)=O)c2c1. The lowest BCUT2D eigenvalue weighted by Gasteiger charge is -2.03. The zero-order valence-corrected chi connectivity index (χ0v) is 10.6. The molecular formula is C14H12N2O3. The molecule has 0 saturated heterocycles. The van der Waals surface area contributed by atoms with Crippen LogP contribution in [0.4, 0.5) is 0 Å². The summed E-state index contributed by atoms with van der Waals surface area (Å²) in [5.41, 5.74) is 1.47. The molecule has 5 nitrogen and oxygen atoms in total. The first-order valence-electron chi connectivity index (χ1n) is 5.84. The molecule has 0 amide bonds. The predicted octanol–water partition coefficient (Wildman–Crippen LogP) is 2.10. The van der Waals surface area contributed by atoms with E-state index in [1.165, 1.54) is 19.3 Å². The Balaban J connectivity index is 2.53. The Hall–Kier alpha value is -2.56. The highest BCUT2D eigenvalue weighted by Crippen LogP contribution is 2.30. The van der Waals surface area contributed by atoms with Gasteiger partial charge in [-0.2, -0.15) is 4.73 Å².